The molecule has 0 aromatic heterocycles. The summed E-state index contributed by atoms with van der Waals surface area (Å²) in [6.07, 6.45) is 1.53. The van der Waals surface area contributed by atoms with Crippen LogP contribution in [0.2, 0.25) is 0 Å². The molecule has 2 aliphatic heterocycles. The Morgan fingerprint density at radius 3 is 2.25 bits per heavy atom. The zero-order valence-electron chi connectivity index (χ0n) is 11.2. The van der Waals surface area contributed by atoms with Crippen molar-refractivity contribution in [1.29, 1.82) is 0 Å². The second-order valence-electron chi connectivity index (χ2n) is 5.29. The van der Waals surface area contributed by atoms with Gasteiger partial charge in [-0.15, -0.1) is 0 Å². The first-order valence-corrected chi connectivity index (χ1v) is 7.61. The van der Waals surface area contributed by atoms with Gasteiger partial charge in [0.2, 0.25) is 0 Å². The van der Waals surface area contributed by atoms with Crippen LogP contribution < -0.4 is 0 Å². The molecule has 104 valence electrons. The predicted molar refractivity (Wildman–Crippen MR) is 76.6 cm³/mol. The third-order valence-corrected chi connectivity index (χ3v) is 5.25. The van der Waals surface area contributed by atoms with Crippen molar-refractivity contribution in [3.05, 3.63) is 35.4 Å². The topological polar surface area (TPSA) is 54.5 Å². The SMILES string of the molecule is CC1CC(CCN2C(=O)c3ccccc3C2=O)SC1=O. The number of amides is 2. The summed E-state index contributed by atoms with van der Waals surface area (Å²) < 4.78 is 0. The first-order chi connectivity index (χ1) is 9.58. The molecule has 0 bridgehead atoms. The third kappa shape index (κ3) is 2.16. The molecule has 1 aromatic rings. The van der Waals surface area contributed by atoms with E-state index in [1.165, 1.54) is 16.7 Å². The number of hydrogen-bond acceptors (Lipinski definition) is 4. The number of imide groups is 1. The molecule has 0 saturated carbocycles. The lowest BCUT2D eigenvalue weighted by atomic mass is 10.1. The van der Waals surface area contributed by atoms with Crippen molar-refractivity contribution in [2.45, 2.75) is 25.0 Å². The Hall–Kier alpha value is -1.62. The van der Waals surface area contributed by atoms with Crippen LogP contribution in [-0.4, -0.2) is 33.6 Å². The van der Waals surface area contributed by atoms with Gasteiger partial charge in [-0.2, -0.15) is 0 Å². The fraction of sp³-hybridized carbons (Fsp3) is 0.400. The molecule has 2 aliphatic rings. The average Bonchev–Trinajstić information content (AvgIpc) is 2.88. The van der Waals surface area contributed by atoms with Gasteiger partial charge in [0.1, 0.15) is 0 Å². The normalized spacial score (nSPS) is 25.4. The summed E-state index contributed by atoms with van der Waals surface area (Å²) in [5, 5.41) is 0.444. The van der Waals surface area contributed by atoms with E-state index in [0.717, 1.165) is 6.42 Å². The maximum Gasteiger partial charge on any atom is 0.261 e. The number of benzene rings is 1. The second-order valence-corrected chi connectivity index (χ2v) is 6.60. The van der Waals surface area contributed by atoms with Crippen LogP contribution in [0.1, 0.15) is 40.5 Å². The molecule has 1 aromatic carbocycles. The molecule has 4 nitrogen and oxygen atoms in total. The number of fused-ring (bicyclic) bond motifs is 1. The Kier molecular flexibility index (Phi) is 3.38. The Bertz CT molecular complexity index is 564. The summed E-state index contributed by atoms with van der Waals surface area (Å²) in [5.41, 5.74) is 0.974. The molecule has 0 radical (unpaired) electrons. The van der Waals surface area contributed by atoms with Gasteiger partial charge < -0.3 is 0 Å². The van der Waals surface area contributed by atoms with Gasteiger partial charge >= 0.3 is 0 Å². The van der Waals surface area contributed by atoms with Crippen molar-refractivity contribution in [2.75, 3.05) is 6.54 Å². The van der Waals surface area contributed by atoms with E-state index in [1.54, 1.807) is 24.3 Å². The molecule has 1 saturated heterocycles. The highest BCUT2D eigenvalue weighted by Gasteiger charge is 2.36. The third-order valence-electron chi connectivity index (χ3n) is 3.85. The molecule has 2 heterocycles. The molecular weight excluding hydrogens is 274 g/mol. The van der Waals surface area contributed by atoms with Gasteiger partial charge in [-0.3, -0.25) is 19.3 Å². The van der Waals surface area contributed by atoms with Crippen LogP contribution in [0.4, 0.5) is 0 Å². The first-order valence-electron chi connectivity index (χ1n) is 6.73. The van der Waals surface area contributed by atoms with Gasteiger partial charge in [-0.25, -0.2) is 0 Å². The molecule has 20 heavy (non-hydrogen) atoms. The molecule has 2 amide bonds. The second kappa shape index (κ2) is 5.05. The maximum atomic E-state index is 12.2. The predicted octanol–water partition coefficient (Wildman–Crippen LogP) is 2.34. The van der Waals surface area contributed by atoms with Crippen molar-refractivity contribution in [3.8, 4) is 0 Å². The highest BCUT2D eigenvalue weighted by atomic mass is 32.2. The van der Waals surface area contributed by atoms with E-state index in [0.29, 0.717) is 24.1 Å². The average molecular weight is 289 g/mol. The van der Waals surface area contributed by atoms with E-state index in [1.807, 2.05) is 6.92 Å². The Labute approximate surface area is 121 Å². The van der Waals surface area contributed by atoms with Crippen LogP contribution in [0.15, 0.2) is 24.3 Å². The Balaban J connectivity index is 1.67. The molecule has 2 atom stereocenters. The van der Waals surface area contributed by atoms with Gasteiger partial charge in [-0.05, 0) is 25.0 Å². The standard InChI is InChI=1S/C15H15NO3S/c1-9-8-10(20-15(9)19)6-7-16-13(17)11-4-2-3-5-12(11)14(16)18/h2-5,9-10H,6-8H2,1H3. The molecule has 1 fully saturated rings. The number of thioether (sulfide) groups is 1. The summed E-state index contributed by atoms with van der Waals surface area (Å²) in [4.78, 5) is 37.2. The van der Waals surface area contributed by atoms with Crippen LogP contribution in [-0.2, 0) is 4.79 Å². The summed E-state index contributed by atoms with van der Waals surface area (Å²) in [7, 11) is 0. The summed E-state index contributed by atoms with van der Waals surface area (Å²) in [6.45, 7) is 2.32. The van der Waals surface area contributed by atoms with Gasteiger partial charge in [0.15, 0.2) is 5.12 Å². The smallest absolute Gasteiger partial charge is 0.261 e. The van der Waals surface area contributed by atoms with E-state index >= 15 is 0 Å². The number of nitrogens with zero attached hydrogens (tertiary/aromatic N) is 1. The first kappa shape index (κ1) is 13.4. The number of carbonyl (C=O) groups is 3. The quantitative estimate of drug-likeness (QED) is 0.801. The summed E-state index contributed by atoms with van der Waals surface area (Å²) >= 11 is 1.36. The monoisotopic (exact) mass is 289 g/mol. The van der Waals surface area contributed by atoms with Crippen LogP contribution in [0, 0.1) is 5.92 Å². The van der Waals surface area contributed by atoms with Crippen LogP contribution in [0.25, 0.3) is 0 Å². The fourth-order valence-electron chi connectivity index (χ4n) is 2.71. The lowest BCUT2D eigenvalue weighted by Gasteiger charge is -2.15. The molecular formula is C15H15NO3S. The molecule has 0 spiro atoms. The van der Waals surface area contributed by atoms with Gasteiger partial charge in [0.05, 0.1) is 11.1 Å². The minimum Gasteiger partial charge on any atom is -0.287 e. The van der Waals surface area contributed by atoms with Gasteiger partial charge in [0, 0.05) is 17.7 Å². The summed E-state index contributed by atoms with van der Waals surface area (Å²) in [6, 6.07) is 6.90. The van der Waals surface area contributed by atoms with Gasteiger partial charge in [0.25, 0.3) is 11.8 Å². The molecule has 0 aliphatic carbocycles. The fourth-order valence-corrected chi connectivity index (χ4v) is 3.98. The van der Waals surface area contributed by atoms with Crippen molar-refractivity contribution >= 4 is 28.7 Å². The molecule has 3 rings (SSSR count). The molecule has 2 unspecified atom stereocenters. The van der Waals surface area contributed by atoms with E-state index in [9.17, 15) is 14.4 Å². The number of rotatable bonds is 3. The lowest BCUT2D eigenvalue weighted by Crippen LogP contribution is -2.32. The van der Waals surface area contributed by atoms with Crippen molar-refractivity contribution in [1.82, 2.24) is 4.90 Å². The largest absolute Gasteiger partial charge is 0.287 e. The highest BCUT2D eigenvalue weighted by molar-refractivity contribution is 8.14. The zero-order chi connectivity index (χ0) is 14.3. The highest BCUT2D eigenvalue weighted by Crippen LogP contribution is 2.35. The van der Waals surface area contributed by atoms with Crippen molar-refractivity contribution in [2.24, 2.45) is 5.92 Å². The van der Waals surface area contributed by atoms with E-state index in [2.05, 4.69) is 0 Å². The van der Waals surface area contributed by atoms with E-state index < -0.39 is 0 Å². The number of hydrogen-bond donors (Lipinski definition) is 0. The maximum absolute atomic E-state index is 12.2. The number of carbonyl (C=O) groups excluding carboxylic acids is 3. The van der Waals surface area contributed by atoms with Crippen molar-refractivity contribution in [3.63, 3.8) is 0 Å². The van der Waals surface area contributed by atoms with Crippen molar-refractivity contribution < 1.29 is 14.4 Å². The zero-order valence-corrected chi connectivity index (χ0v) is 12.0. The minimum atomic E-state index is -0.215. The Morgan fingerprint density at radius 1 is 1.15 bits per heavy atom. The van der Waals surface area contributed by atoms with E-state index in [4.69, 9.17) is 0 Å². The molecule has 5 heteroatoms. The minimum absolute atomic E-state index is 0.0900. The van der Waals surface area contributed by atoms with E-state index in [-0.39, 0.29) is 28.1 Å². The van der Waals surface area contributed by atoms with Gasteiger partial charge in [-0.1, -0.05) is 30.8 Å². The molecule has 0 N–H and O–H groups in total. The summed E-state index contributed by atoms with van der Waals surface area (Å²) in [5.74, 6) is -0.340. The van der Waals surface area contributed by atoms with Crippen LogP contribution >= 0.6 is 11.8 Å². The Morgan fingerprint density at radius 2 is 1.75 bits per heavy atom. The lowest BCUT2D eigenvalue weighted by molar-refractivity contribution is -0.113. The van der Waals surface area contributed by atoms with Crippen LogP contribution in [0.5, 0.6) is 0 Å². The van der Waals surface area contributed by atoms with Crippen LogP contribution in [0.3, 0.4) is 0 Å².